The lowest BCUT2D eigenvalue weighted by atomic mass is 9.96. The summed E-state index contributed by atoms with van der Waals surface area (Å²) in [5.74, 6) is 0.803. The Morgan fingerprint density at radius 1 is 0.941 bits per heavy atom. The third kappa shape index (κ3) is 2.68. The van der Waals surface area contributed by atoms with Crippen LogP contribution >= 0.6 is 0 Å². The molecule has 0 saturated carbocycles. The summed E-state index contributed by atoms with van der Waals surface area (Å²) in [5.41, 5.74) is 3.25. The fourth-order valence-electron chi connectivity index (χ4n) is 2.04. The van der Waals surface area contributed by atoms with Crippen molar-refractivity contribution in [2.45, 2.75) is 26.2 Å². The summed E-state index contributed by atoms with van der Waals surface area (Å²) in [6, 6.07) is 16.2. The van der Waals surface area contributed by atoms with E-state index < -0.39 is 0 Å². The number of aromatic hydroxyl groups is 1. The number of hydrogen-bond donors (Lipinski definition) is 1. The van der Waals surface area contributed by atoms with Crippen molar-refractivity contribution in [2.24, 2.45) is 0 Å². The van der Waals surface area contributed by atoms with Crippen LogP contribution in [0.4, 0.5) is 0 Å². The molecule has 0 atom stereocenters. The van der Waals surface area contributed by atoms with E-state index >= 15 is 0 Å². The Morgan fingerprint density at radius 2 is 1.65 bits per heavy atom. The van der Waals surface area contributed by atoms with Crippen LogP contribution < -0.4 is 0 Å². The van der Waals surface area contributed by atoms with Gasteiger partial charge < -0.3 is 5.11 Å². The van der Waals surface area contributed by atoms with Gasteiger partial charge in [-0.15, -0.1) is 0 Å². The minimum atomic E-state index is 0.353. The van der Waals surface area contributed by atoms with Gasteiger partial charge in [-0.25, -0.2) is 0 Å². The zero-order valence-corrected chi connectivity index (χ0v) is 10.4. The van der Waals surface area contributed by atoms with Crippen LogP contribution in [0.3, 0.4) is 0 Å². The fourth-order valence-corrected chi connectivity index (χ4v) is 2.04. The molecule has 0 fully saturated rings. The van der Waals surface area contributed by atoms with Gasteiger partial charge in [-0.2, -0.15) is 0 Å². The van der Waals surface area contributed by atoms with Crippen LogP contribution in [0.25, 0.3) is 0 Å². The lowest BCUT2D eigenvalue weighted by molar-refractivity contribution is 0.459. The van der Waals surface area contributed by atoms with Crippen molar-refractivity contribution >= 4 is 0 Å². The summed E-state index contributed by atoms with van der Waals surface area (Å²) in [6.07, 6.45) is 0.785. The summed E-state index contributed by atoms with van der Waals surface area (Å²) in [5, 5.41) is 10.2. The molecule has 0 bridgehead atoms. The molecule has 1 heteroatoms. The van der Waals surface area contributed by atoms with Gasteiger partial charge in [0.25, 0.3) is 0 Å². The van der Waals surface area contributed by atoms with Gasteiger partial charge in [-0.3, -0.25) is 0 Å². The average Bonchev–Trinajstić information content (AvgIpc) is 2.33. The molecule has 1 nitrogen and oxygen atoms in total. The summed E-state index contributed by atoms with van der Waals surface area (Å²) in [7, 11) is 0. The first-order valence-electron chi connectivity index (χ1n) is 6.03. The van der Waals surface area contributed by atoms with E-state index in [1.807, 2.05) is 36.4 Å². The molecule has 0 aliphatic heterocycles. The van der Waals surface area contributed by atoms with E-state index in [1.54, 1.807) is 0 Å². The topological polar surface area (TPSA) is 20.2 Å². The number of hydrogen-bond acceptors (Lipinski definition) is 1. The number of rotatable bonds is 3. The van der Waals surface area contributed by atoms with Gasteiger partial charge in [0.1, 0.15) is 5.75 Å². The Morgan fingerprint density at radius 3 is 2.29 bits per heavy atom. The van der Waals surface area contributed by atoms with Crippen LogP contribution in [0.5, 0.6) is 5.75 Å². The van der Waals surface area contributed by atoms with Crippen molar-refractivity contribution in [3.05, 3.63) is 65.2 Å². The molecule has 0 heterocycles. The molecule has 0 radical (unpaired) electrons. The first kappa shape index (κ1) is 11.7. The first-order chi connectivity index (χ1) is 8.18. The van der Waals surface area contributed by atoms with E-state index in [2.05, 4.69) is 26.0 Å². The summed E-state index contributed by atoms with van der Waals surface area (Å²) >= 11 is 0. The molecule has 0 saturated heterocycles. The second-order valence-electron chi connectivity index (χ2n) is 4.67. The van der Waals surface area contributed by atoms with Crippen molar-refractivity contribution in [1.82, 2.24) is 0 Å². The normalized spacial score (nSPS) is 10.8. The first-order valence-corrected chi connectivity index (χ1v) is 6.03. The highest BCUT2D eigenvalue weighted by atomic mass is 16.3. The lowest BCUT2D eigenvalue weighted by Crippen LogP contribution is -1.94. The molecule has 2 aromatic carbocycles. The smallest absolute Gasteiger partial charge is 0.122 e. The van der Waals surface area contributed by atoms with E-state index in [-0.39, 0.29) is 0 Å². The molecule has 0 aliphatic carbocycles. The standard InChI is InChI=1S/C16H18O/c1-12(2)15-10-6-9-14(16(15)17)11-13-7-4-3-5-8-13/h3-10,12,17H,11H2,1-2H3. The van der Waals surface area contributed by atoms with E-state index in [0.717, 1.165) is 17.5 Å². The summed E-state index contributed by atoms with van der Waals surface area (Å²) in [6.45, 7) is 4.20. The maximum atomic E-state index is 10.2. The van der Waals surface area contributed by atoms with Crippen LogP contribution in [0.1, 0.15) is 36.5 Å². The average molecular weight is 226 g/mol. The summed E-state index contributed by atoms with van der Waals surface area (Å²) < 4.78 is 0. The highest BCUT2D eigenvalue weighted by molar-refractivity contribution is 5.44. The van der Waals surface area contributed by atoms with Crippen LogP contribution in [0.2, 0.25) is 0 Å². The van der Waals surface area contributed by atoms with Crippen molar-refractivity contribution in [3.63, 3.8) is 0 Å². The number of para-hydroxylation sites is 1. The van der Waals surface area contributed by atoms with Crippen molar-refractivity contribution in [1.29, 1.82) is 0 Å². The van der Waals surface area contributed by atoms with E-state index in [0.29, 0.717) is 11.7 Å². The third-order valence-electron chi connectivity index (χ3n) is 3.01. The Hall–Kier alpha value is -1.76. The maximum Gasteiger partial charge on any atom is 0.122 e. The Balaban J connectivity index is 2.31. The number of benzene rings is 2. The molecule has 2 rings (SSSR count). The largest absolute Gasteiger partial charge is 0.507 e. The van der Waals surface area contributed by atoms with E-state index in [1.165, 1.54) is 5.56 Å². The van der Waals surface area contributed by atoms with E-state index in [4.69, 9.17) is 0 Å². The second-order valence-corrected chi connectivity index (χ2v) is 4.67. The van der Waals surface area contributed by atoms with E-state index in [9.17, 15) is 5.11 Å². The molecule has 0 aliphatic rings. The van der Waals surface area contributed by atoms with Crippen molar-refractivity contribution < 1.29 is 5.11 Å². The van der Waals surface area contributed by atoms with Gasteiger partial charge in [0.2, 0.25) is 0 Å². The molecule has 17 heavy (non-hydrogen) atoms. The molecule has 1 N–H and O–H groups in total. The minimum absolute atomic E-state index is 0.353. The van der Waals surface area contributed by atoms with Crippen LogP contribution in [0.15, 0.2) is 48.5 Å². The fraction of sp³-hybridized carbons (Fsp3) is 0.250. The van der Waals surface area contributed by atoms with Gasteiger partial charge in [-0.1, -0.05) is 62.4 Å². The SMILES string of the molecule is CC(C)c1cccc(Cc2ccccc2)c1O. The summed E-state index contributed by atoms with van der Waals surface area (Å²) in [4.78, 5) is 0. The zero-order valence-electron chi connectivity index (χ0n) is 10.4. The lowest BCUT2D eigenvalue weighted by Gasteiger charge is -2.12. The molecule has 0 spiro atoms. The van der Waals surface area contributed by atoms with Crippen LogP contribution in [-0.4, -0.2) is 5.11 Å². The molecule has 0 amide bonds. The monoisotopic (exact) mass is 226 g/mol. The molecular formula is C16H18O. The van der Waals surface area contributed by atoms with Gasteiger partial charge >= 0.3 is 0 Å². The van der Waals surface area contributed by atoms with Crippen molar-refractivity contribution in [3.8, 4) is 5.75 Å². The molecular weight excluding hydrogens is 208 g/mol. The van der Waals surface area contributed by atoms with Gasteiger partial charge in [-0.05, 0) is 22.6 Å². The Bertz CT molecular complexity index is 486. The second kappa shape index (κ2) is 5.05. The van der Waals surface area contributed by atoms with Gasteiger partial charge in [0.15, 0.2) is 0 Å². The number of phenolic OH excluding ortho intramolecular Hbond substituents is 1. The quantitative estimate of drug-likeness (QED) is 0.835. The van der Waals surface area contributed by atoms with Crippen molar-refractivity contribution in [2.75, 3.05) is 0 Å². The highest BCUT2D eigenvalue weighted by Crippen LogP contribution is 2.30. The molecule has 88 valence electrons. The highest BCUT2D eigenvalue weighted by Gasteiger charge is 2.09. The molecule has 2 aromatic rings. The molecule has 0 aromatic heterocycles. The Labute approximate surface area is 103 Å². The predicted octanol–water partition coefficient (Wildman–Crippen LogP) is 4.11. The Kier molecular flexibility index (Phi) is 3.48. The van der Waals surface area contributed by atoms with Crippen LogP contribution in [-0.2, 0) is 6.42 Å². The molecule has 0 unspecified atom stereocenters. The van der Waals surface area contributed by atoms with Gasteiger partial charge in [0.05, 0.1) is 0 Å². The minimum Gasteiger partial charge on any atom is -0.507 e. The van der Waals surface area contributed by atoms with Crippen LogP contribution in [0, 0.1) is 0 Å². The number of phenols is 1. The predicted molar refractivity (Wildman–Crippen MR) is 71.4 cm³/mol. The zero-order chi connectivity index (χ0) is 12.3. The van der Waals surface area contributed by atoms with Gasteiger partial charge in [0, 0.05) is 6.42 Å². The third-order valence-corrected chi connectivity index (χ3v) is 3.01. The maximum absolute atomic E-state index is 10.2.